The van der Waals surface area contributed by atoms with Gasteiger partial charge in [0.2, 0.25) is 0 Å². The molecule has 0 aromatic heterocycles. The van der Waals surface area contributed by atoms with Gasteiger partial charge in [0.05, 0.1) is 18.6 Å². The largest absolute Gasteiger partial charge is 0.378 e. The van der Waals surface area contributed by atoms with Crippen molar-refractivity contribution in [3.63, 3.8) is 0 Å². The summed E-state index contributed by atoms with van der Waals surface area (Å²) >= 11 is 6.00. The molecule has 1 aromatic rings. The lowest BCUT2D eigenvalue weighted by molar-refractivity contribution is -0.129. The van der Waals surface area contributed by atoms with Crippen molar-refractivity contribution in [2.24, 2.45) is 0 Å². The predicted molar refractivity (Wildman–Crippen MR) is 54.7 cm³/mol. The molecule has 0 amide bonds. The van der Waals surface area contributed by atoms with E-state index in [0.717, 1.165) is 6.29 Å². The molecule has 2 nitrogen and oxygen atoms in total. The van der Waals surface area contributed by atoms with Crippen molar-refractivity contribution in [3.8, 4) is 0 Å². The zero-order chi connectivity index (χ0) is 11.1. The van der Waals surface area contributed by atoms with Crippen molar-refractivity contribution in [2.45, 2.75) is 12.3 Å². The Bertz CT molecular complexity index is 413. The lowest BCUT2D eigenvalue weighted by atomic mass is 9.80. The maximum atomic E-state index is 13.4. The normalized spacial score (nSPS) is 18.3. The van der Waals surface area contributed by atoms with E-state index >= 15 is 0 Å². The molecule has 1 saturated heterocycles. The minimum Gasteiger partial charge on any atom is -0.378 e. The first kappa shape index (κ1) is 10.6. The third-order valence-electron chi connectivity index (χ3n) is 2.73. The third kappa shape index (κ3) is 1.56. The summed E-state index contributed by atoms with van der Waals surface area (Å²) in [5, 5.41) is 0.421. The SMILES string of the molecule is Cc1cc(Cl)c(C2(C=O)COC2)cc1F. The molecule has 0 radical (unpaired) electrons. The van der Waals surface area contributed by atoms with Crippen LogP contribution in [-0.4, -0.2) is 19.5 Å². The van der Waals surface area contributed by atoms with Gasteiger partial charge in [0.1, 0.15) is 12.1 Å². The molecule has 0 unspecified atom stereocenters. The van der Waals surface area contributed by atoms with Crippen LogP contribution in [0.1, 0.15) is 11.1 Å². The smallest absolute Gasteiger partial charge is 0.135 e. The molecule has 1 aliphatic heterocycles. The summed E-state index contributed by atoms with van der Waals surface area (Å²) < 4.78 is 18.4. The molecule has 1 fully saturated rings. The van der Waals surface area contributed by atoms with E-state index in [1.807, 2.05) is 0 Å². The van der Waals surface area contributed by atoms with Gasteiger partial charge in [-0.25, -0.2) is 4.39 Å². The van der Waals surface area contributed by atoms with E-state index in [1.54, 1.807) is 6.92 Å². The summed E-state index contributed by atoms with van der Waals surface area (Å²) in [6.45, 7) is 2.19. The van der Waals surface area contributed by atoms with E-state index in [1.165, 1.54) is 12.1 Å². The number of carbonyl (C=O) groups is 1. The summed E-state index contributed by atoms with van der Waals surface area (Å²) in [5.41, 5.74) is 0.254. The summed E-state index contributed by atoms with van der Waals surface area (Å²) in [4.78, 5) is 11.0. The molecule has 0 bridgehead atoms. The molecule has 2 rings (SSSR count). The molecule has 4 heteroatoms. The van der Waals surface area contributed by atoms with Crippen molar-refractivity contribution in [2.75, 3.05) is 13.2 Å². The predicted octanol–water partition coefficient (Wildman–Crippen LogP) is 2.25. The van der Waals surface area contributed by atoms with E-state index in [2.05, 4.69) is 0 Å². The molecule has 1 heterocycles. The highest BCUT2D eigenvalue weighted by Gasteiger charge is 2.42. The molecule has 0 aliphatic carbocycles. The van der Waals surface area contributed by atoms with Crippen molar-refractivity contribution >= 4 is 17.9 Å². The molecule has 0 saturated carbocycles. The number of aldehydes is 1. The Hall–Kier alpha value is -0.930. The number of benzene rings is 1. The highest BCUT2D eigenvalue weighted by molar-refractivity contribution is 6.31. The van der Waals surface area contributed by atoms with Crippen LogP contribution in [0.15, 0.2) is 12.1 Å². The Morgan fingerprint density at radius 1 is 1.53 bits per heavy atom. The fraction of sp³-hybridized carbons (Fsp3) is 0.364. The average molecular weight is 229 g/mol. The van der Waals surface area contributed by atoms with Gasteiger partial charge in [-0.2, -0.15) is 0 Å². The number of carbonyl (C=O) groups excluding carboxylic acids is 1. The van der Waals surface area contributed by atoms with Crippen LogP contribution in [0.4, 0.5) is 4.39 Å². The van der Waals surface area contributed by atoms with Gasteiger partial charge >= 0.3 is 0 Å². The lowest BCUT2D eigenvalue weighted by Gasteiger charge is -2.37. The van der Waals surface area contributed by atoms with Crippen molar-refractivity contribution in [1.29, 1.82) is 0 Å². The maximum Gasteiger partial charge on any atom is 0.135 e. The van der Waals surface area contributed by atoms with Gasteiger partial charge in [-0.3, -0.25) is 0 Å². The zero-order valence-electron chi connectivity index (χ0n) is 8.22. The first-order chi connectivity index (χ1) is 7.09. The summed E-state index contributed by atoms with van der Waals surface area (Å²) in [7, 11) is 0. The van der Waals surface area contributed by atoms with Crippen LogP contribution in [0.25, 0.3) is 0 Å². The number of ether oxygens (including phenoxy) is 1. The summed E-state index contributed by atoms with van der Waals surface area (Å²) in [6, 6.07) is 2.87. The van der Waals surface area contributed by atoms with Gasteiger partial charge < -0.3 is 9.53 Å². The average Bonchev–Trinajstić information content (AvgIpc) is 2.12. The van der Waals surface area contributed by atoms with Crippen LogP contribution in [0.5, 0.6) is 0 Å². The third-order valence-corrected chi connectivity index (χ3v) is 3.04. The van der Waals surface area contributed by atoms with Crippen molar-refractivity contribution in [1.82, 2.24) is 0 Å². The van der Waals surface area contributed by atoms with E-state index < -0.39 is 5.41 Å². The Balaban J connectivity index is 2.52. The molecule has 0 N–H and O–H groups in total. The Kier molecular flexibility index (Phi) is 2.52. The molecular formula is C11H10ClFO2. The fourth-order valence-corrected chi connectivity index (χ4v) is 2.04. The van der Waals surface area contributed by atoms with Gasteiger partial charge in [-0.15, -0.1) is 0 Å². The zero-order valence-corrected chi connectivity index (χ0v) is 8.97. The van der Waals surface area contributed by atoms with Gasteiger partial charge in [0.15, 0.2) is 0 Å². The minimum atomic E-state index is -0.744. The standard InChI is InChI=1S/C11H10ClFO2/c1-7-2-9(12)8(3-10(7)13)11(4-14)5-15-6-11/h2-4H,5-6H2,1H3. The minimum absolute atomic E-state index is 0.277. The van der Waals surface area contributed by atoms with Gasteiger partial charge in [0.25, 0.3) is 0 Å². The first-order valence-corrected chi connectivity index (χ1v) is 4.97. The summed E-state index contributed by atoms with van der Waals surface area (Å²) in [5.74, 6) is -0.345. The van der Waals surface area contributed by atoms with Gasteiger partial charge in [-0.1, -0.05) is 11.6 Å². The molecule has 80 valence electrons. The second-order valence-electron chi connectivity index (χ2n) is 3.85. The molecule has 0 spiro atoms. The first-order valence-electron chi connectivity index (χ1n) is 4.59. The van der Waals surface area contributed by atoms with Crippen LogP contribution in [0.3, 0.4) is 0 Å². The van der Waals surface area contributed by atoms with Crippen LogP contribution in [0, 0.1) is 12.7 Å². The number of rotatable bonds is 2. The second-order valence-corrected chi connectivity index (χ2v) is 4.26. The highest BCUT2D eigenvalue weighted by atomic mass is 35.5. The van der Waals surface area contributed by atoms with E-state index in [9.17, 15) is 9.18 Å². The topological polar surface area (TPSA) is 26.3 Å². The number of halogens is 2. The summed E-state index contributed by atoms with van der Waals surface area (Å²) in [6.07, 6.45) is 0.784. The van der Waals surface area contributed by atoms with Crippen LogP contribution < -0.4 is 0 Å². The van der Waals surface area contributed by atoms with Gasteiger partial charge in [-0.05, 0) is 30.2 Å². The molecular weight excluding hydrogens is 219 g/mol. The quantitative estimate of drug-likeness (QED) is 0.726. The molecule has 1 aliphatic rings. The Morgan fingerprint density at radius 3 is 2.67 bits per heavy atom. The van der Waals surface area contributed by atoms with Crippen molar-refractivity contribution in [3.05, 3.63) is 34.1 Å². The monoisotopic (exact) mass is 228 g/mol. The number of hydrogen-bond acceptors (Lipinski definition) is 2. The lowest BCUT2D eigenvalue weighted by Crippen LogP contribution is -2.48. The van der Waals surface area contributed by atoms with E-state index in [0.29, 0.717) is 16.1 Å². The molecule has 15 heavy (non-hydrogen) atoms. The Labute approximate surface area is 92.0 Å². The van der Waals surface area contributed by atoms with E-state index in [-0.39, 0.29) is 19.0 Å². The van der Waals surface area contributed by atoms with Gasteiger partial charge in [0, 0.05) is 5.02 Å². The van der Waals surface area contributed by atoms with Crippen LogP contribution in [-0.2, 0) is 14.9 Å². The second kappa shape index (κ2) is 3.58. The number of aryl methyl sites for hydroxylation is 1. The fourth-order valence-electron chi connectivity index (χ4n) is 1.64. The number of hydrogen-bond donors (Lipinski definition) is 0. The van der Waals surface area contributed by atoms with Crippen LogP contribution >= 0.6 is 11.6 Å². The highest BCUT2D eigenvalue weighted by Crippen LogP contribution is 2.36. The Morgan fingerprint density at radius 2 is 2.20 bits per heavy atom. The van der Waals surface area contributed by atoms with Crippen molar-refractivity contribution < 1.29 is 13.9 Å². The van der Waals surface area contributed by atoms with Crippen LogP contribution in [0.2, 0.25) is 5.02 Å². The van der Waals surface area contributed by atoms with E-state index in [4.69, 9.17) is 16.3 Å². The molecule has 1 aromatic carbocycles. The molecule has 0 atom stereocenters. The maximum absolute atomic E-state index is 13.4.